The first kappa shape index (κ1) is 6.81. The van der Waals surface area contributed by atoms with Gasteiger partial charge in [0.1, 0.15) is 0 Å². The number of hydrogen-bond donors (Lipinski definition) is 0. The Morgan fingerprint density at radius 2 is 2.25 bits per heavy atom. The van der Waals surface area contributed by atoms with Crippen LogP contribution in [0.25, 0.3) is 0 Å². The van der Waals surface area contributed by atoms with Gasteiger partial charge >= 0.3 is 0 Å². The molecule has 0 aliphatic heterocycles. The molecule has 0 N–H and O–H groups in total. The van der Waals surface area contributed by atoms with Gasteiger partial charge in [-0.3, -0.25) is 14.9 Å². The van der Waals surface area contributed by atoms with Crippen molar-refractivity contribution in [1.29, 1.82) is 0 Å². The number of carbonyl (C=O) groups excluding carboxylic acids is 1. The maximum atomic E-state index is 9.66. The Labute approximate surface area is 46.0 Å². The second-order valence-corrected chi connectivity index (χ2v) is 1.15. The molecule has 0 aromatic rings. The van der Waals surface area contributed by atoms with Gasteiger partial charge in [0, 0.05) is 4.92 Å². The van der Waals surface area contributed by atoms with E-state index in [0.717, 1.165) is 6.08 Å². The quantitative estimate of drug-likeness (QED) is 0.225. The number of hydrogen-bond acceptors (Lipinski definition) is 3. The molecule has 8 heavy (non-hydrogen) atoms. The van der Waals surface area contributed by atoms with Crippen LogP contribution in [0.5, 0.6) is 0 Å². The molecule has 0 aromatic carbocycles. The summed E-state index contributed by atoms with van der Waals surface area (Å²) >= 11 is 0. The van der Waals surface area contributed by atoms with Crippen LogP contribution in [0, 0.1) is 10.1 Å². The zero-order valence-electron chi connectivity index (χ0n) is 4.11. The average Bonchev–Trinajstić information content (AvgIpc) is 1.69. The molecule has 1 atom stereocenters. The molecule has 0 saturated carbocycles. The van der Waals surface area contributed by atoms with Gasteiger partial charge in [-0.25, -0.2) is 0 Å². The van der Waals surface area contributed by atoms with Crippen LogP contribution in [0.2, 0.25) is 0 Å². The molecule has 4 nitrogen and oxygen atoms in total. The fourth-order valence-corrected chi connectivity index (χ4v) is 0.191. The van der Waals surface area contributed by atoms with E-state index >= 15 is 0 Å². The minimum atomic E-state index is -1.24. The topological polar surface area (TPSA) is 60.2 Å². The largest absolute Gasteiger partial charge is 0.295 e. The highest BCUT2D eigenvalue weighted by atomic mass is 16.6. The van der Waals surface area contributed by atoms with Crippen molar-refractivity contribution in [2.45, 2.75) is 6.04 Å². The average molecular weight is 115 g/mol. The third-order valence-corrected chi connectivity index (χ3v) is 0.624. The van der Waals surface area contributed by atoms with E-state index in [0.29, 0.717) is 0 Å². The molecule has 0 fully saturated rings. The number of nitro groups is 1. The van der Waals surface area contributed by atoms with Crippen LogP contribution in [-0.2, 0) is 4.79 Å². The molecule has 0 aromatic heterocycles. The molecule has 0 spiro atoms. The molecule has 0 bridgehead atoms. The van der Waals surface area contributed by atoms with E-state index in [1.54, 1.807) is 0 Å². The second-order valence-electron chi connectivity index (χ2n) is 1.15. The summed E-state index contributed by atoms with van der Waals surface area (Å²) in [5, 5.41) is 9.66. The normalized spacial score (nSPS) is 12.0. The standard InChI is InChI=1S/C4H5NO3/c1-2-4(3-6)5(7)8/h2-4H,1H2. The first-order valence-electron chi connectivity index (χ1n) is 1.93. The van der Waals surface area contributed by atoms with E-state index in [4.69, 9.17) is 0 Å². The molecule has 44 valence electrons. The van der Waals surface area contributed by atoms with Gasteiger partial charge in [-0.1, -0.05) is 6.58 Å². The molecule has 0 amide bonds. The van der Waals surface area contributed by atoms with Gasteiger partial charge in [0.15, 0.2) is 6.29 Å². The van der Waals surface area contributed by atoms with Crippen molar-refractivity contribution >= 4 is 6.29 Å². The van der Waals surface area contributed by atoms with E-state index < -0.39 is 11.0 Å². The van der Waals surface area contributed by atoms with Crippen LogP contribution in [0.4, 0.5) is 0 Å². The van der Waals surface area contributed by atoms with Gasteiger partial charge in [-0.15, -0.1) is 0 Å². The fourth-order valence-electron chi connectivity index (χ4n) is 0.191. The SMILES string of the molecule is C=CC(C=O)[N+](=O)[O-]. The second kappa shape index (κ2) is 2.90. The lowest BCUT2D eigenvalue weighted by molar-refractivity contribution is -0.492. The van der Waals surface area contributed by atoms with Crippen LogP contribution in [0.1, 0.15) is 0 Å². The van der Waals surface area contributed by atoms with E-state index in [-0.39, 0.29) is 6.29 Å². The molecule has 0 aliphatic carbocycles. The van der Waals surface area contributed by atoms with Crippen LogP contribution < -0.4 is 0 Å². The summed E-state index contributed by atoms with van der Waals surface area (Å²) in [5.41, 5.74) is 0. The smallest absolute Gasteiger partial charge is 0.285 e. The molecule has 0 saturated heterocycles. The van der Waals surface area contributed by atoms with Gasteiger partial charge in [0.05, 0.1) is 0 Å². The van der Waals surface area contributed by atoms with Crippen LogP contribution >= 0.6 is 0 Å². The molecule has 1 unspecified atom stereocenters. The predicted molar refractivity (Wildman–Crippen MR) is 27.0 cm³/mol. The van der Waals surface area contributed by atoms with Gasteiger partial charge in [-0.2, -0.15) is 0 Å². The molecule has 0 rings (SSSR count). The Balaban J connectivity index is 3.88. The monoisotopic (exact) mass is 115 g/mol. The summed E-state index contributed by atoms with van der Waals surface area (Å²) in [6, 6.07) is -1.24. The number of aldehydes is 1. The van der Waals surface area contributed by atoms with Crippen molar-refractivity contribution in [2.24, 2.45) is 0 Å². The Kier molecular flexibility index (Phi) is 2.47. The van der Waals surface area contributed by atoms with Crippen LogP contribution in [-0.4, -0.2) is 17.3 Å². The highest BCUT2D eigenvalue weighted by Crippen LogP contribution is 1.83. The van der Waals surface area contributed by atoms with Crippen molar-refractivity contribution in [3.8, 4) is 0 Å². The van der Waals surface area contributed by atoms with Crippen LogP contribution in [0.3, 0.4) is 0 Å². The Bertz CT molecular complexity index is 112. The van der Waals surface area contributed by atoms with Crippen molar-refractivity contribution in [1.82, 2.24) is 0 Å². The van der Waals surface area contributed by atoms with Crippen LogP contribution in [0.15, 0.2) is 12.7 Å². The highest BCUT2D eigenvalue weighted by Gasteiger charge is 2.11. The minimum Gasteiger partial charge on any atom is -0.295 e. The van der Waals surface area contributed by atoms with Gasteiger partial charge in [-0.05, 0) is 6.08 Å². The van der Waals surface area contributed by atoms with Crippen molar-refractivity contribution in [2.75, 3.05) is 0 Å². The molecule has 4 heteroatoms. The lowest BCUT2D eigenvalue weighted by atomic mass is 10.3. The fraction of sp³-hybridized carbons (Fsp3) is 0.250. The predicted octanol–water partition coefficient (Wildman–Crippen LogP) is 0.0166. The third-order valence-electron chi connectivity index (χ3n) is 0.624. The summed E-state index contributed by atoms with van der Waals surface area (Å²) in [6.07, 6.45) is 1.21. The number of nitrogens with zero attached hydrogens (tertiary/aromatic N) is 1. The molecule has 0 aliphatic rings. The van der Waals surface area contributed by atoms with E-state index in [9.17, 15) is 14.9 Å². The number of carbonyl (C=O) groups is 1. The maximum Gasteiger partial charge on any atom is 0.285 e. The van der Waals surface area contributed by atoms with E-state index in [1.807, 2.05) is 0 Å². The van der Waals surface area contributed by atoms with Gasteiger partial charge < -0.3 is 0 Å². The third kappa shape index (κ3) is 1.51. The maximum absolute atomic E-state index is 9.66. The van der Waals surface area contributed by atoms with Crippen molar-refractivity contribution in [3.05, 3.63) is 22.8 Å². The van der Waals surface area contributed by atoms with E-state index in [1.165, 1.54) is 0 Å². The minimum absolute atomic E-state index is 0.229. The summed E-state index contributed by atoms with van der Waals surface area (Å²) < 4.78 is 0. The molecular weight excluding hydrogens is 110 g/mol. The first-order chi connectivity index (χ1) is 3.72. The zero-order chi connectivity index (χ0) is 6.57. The Morgan fingerprint density at radius 3 is 2.25 bits per heavy atom. The van der Waals surface area contributed by atoms with Gasteiger partial charge in [0.2, 0.25) is 0 Å². The summed E-state index contributed by atoms with van der Waals surface area (Å²) in [4.78, 5) is 18.6. The molecule has 0 radical (unpaired) electrons. The van der Waals surface area contributed by atoms with Gasteiger partial charge in [0.25, 0.3) is 6.04 Å². The lowest BCUT2D eigenvalue weighted by Crippen LogP contribution is -2.16. The summed E-state index contributed by atoms with van der Waals surface area (Å²) in [5.74, 6) is 0. The highest BCUT2D eigenvalue weighted by molar-refractivity contribution is 5.58. The summed E-state index contributed by atoms with van der Waals surface area (Å²) in [6.45, 7) is 3.08. The molecular formula is C4H5NO3. The summed E-state index contributed by atoms with van der Waals surface area (Å²) in [7, 11) is 0. The Morgan fingerprint density at radius 1 is 1.75 bits per heavy atom. The van der Waals surface area contributed by atoms with E-state index in [2.05, 4.69) is 6.58 Å². The molecule has 0 heterocycles. The lowest BCUT2D eigenvalue weighted by Gasteiger charge is -1.89. The zero-order valence-corrected chi connectivity index (χ0v) is 4.11. The van der Waals surface area contributed by atoms with Crippen molar-refractivity contribution in [3.63, 3.8) is 0 Å². The number of rotatable bonds is 3. The van der Waals surface area contributed by atoms with Crippen molar-refractivity contribution < 1.29 is 9.72 Å². The Hall–Kier alpha value is -1.19. The first-order valence-corrected chi connectivity index (χ1v) is 1.93.